The highest BCUT2D eigenvalue weighted by atomic mass is 16.6. The second kappa shape index (κ2) is 14.2. The van der Waals surface area contributed by atoms with Crippen molar-refractivity contribution >= 4 is 17.7 Å². The van der Waals surface area contributed by atoms with Crippen molar-refractivity contribution < 1.29 is 19.4 Å². The van der Waals surface area contributed by atoms with Crippen LogP contribution >= 0.6 is 0 Å². The molecule has 0 bridgehead atoms. The molecule has 3 aromatic rings. The van der Waals surface area contributed by atoms with Gasteiger partial charge in [-0.2, -0.15) is 0 Å². The number of ether oxygens (including phenoxy) is 1. The molecule has 1 amide bonds. The maximum Gasteiger partial charge on any atom is 0.412 e. The first-order chi connectivity index (χ1) is 17.8. The lowest BCUT2D eigenvalue weighted by atomic mass is 10.0. The largest absolute Gasteiger partial charge is 0.481 e. The van der Waals surface area contributed by atoms with Crippen LogP contribution in [0.1, 0.15) is 50.7 Å². The van der Waals surface area contributed by atoms with Crippen molar-refractivity contribution in [2.24, 2.45) is 0 Å². The van der Waals surface area contributed by atoms with Gasteiger partial charge in [0.15, 0.2) is 0 Å². The number of aliphatic carboxylic acids is 1. The number of amides is 1. The summed E-state index contributed by atoms with van der Waals surface area (Å²) < 4.78 is 5.75. The summed E-state index contributed by atoms with van der Waals surface area (Å²) in [6.07, 6.45) is 4.42. The van der Waals surface area contributed by atoms with E-state index in [1.54, 1.807) is 0 Å². The number of para-hydroxylation sites is 1. The average molecular weight is 503 g/mol. The number of carboxylic acid groups (broad SMARTS) is 1. The summed E-state index contributed by atoms with van der Waals surface area (Å²) in [4.78, 5) is 23.4. The normalized spacial score (nSPS) is 11.2. The van der Waals surface area contributed by atoms with Crippen molar-refractivity contribution in [3.8, 4) is 11.1 Å². The molecule has 0 aliphatic carbocycles. The lowest BCUT2D eigenvalue weighted by Crippen LogP contribution is -2.31. The fourth-order valence-electron chi connectivity index (χ4n) is 4.24. The van der Waals surface area contributed by atoms with E-state index in [0.29, 0.717) is 0 Å². The summed E-state index contributed by atoms with van der Waals surface area (Å²) in [7, 11) is 0. The van der Waals surface area contributed by atoms with Crippen LogP contribution in [0.4, 0.5) is 10.5 Å². The minimum absolute atomic E-state index is 0.0684. The Balaban J connectivity index is 1.31. The van der Waals surface area contributed by atoms with Crippen molar-refractivity contribution in [3.05, 3.63) is 90.0 Å². The van der Waals surface area contributed by atoms with Crippen molar-refractivity contribution in [1.82, 2.24) is 5.32 Å². The number of aryl methyl sites for hydroxylation is 1. The third-order valence-electron chi connectivity index (χ3n) is 6.20. The SMILES string of the molecule is CC(C)(CCCNCCCCc1ccc(CC(=O)O)cc1)OC(=O)Nc1ccccc1-c1ccccc1. The molecule has 3 aromatic carbocycles. The number of rotatable bonds is 14. The molecule has 0 heterocycles. The van der Waals surface area contributed by atoms with Gasteiger partial charge in [-0.05, 0) is 81.8 Å². The molecule has 0 aliphatic heterocycles. The van der Waals surface area contributed by atoms with Gasteiger partial charge in [-0.1, -0.05) is 72.8 Å². The van der Waals surface area contributed by atoms with Gasteiger partial charge in [0.2, 0.25) is 0 Å². The van der Waals surface area contributed by atoms with Crippen LogP contribution in [0.15, 0.2) is 78.9 Å². The Bertz CT molecular complexity index is 1130. The summed E-state index contributed by atoms with van der Waals surface area (Å²) >= 11 is 0. The van der Waals surface area contributed by atoms with E-state index in [-0.39, 0.29) is 6.42 Å². The predicted octanol–water partition coefficient (Wildman–Crippen LogP) is 6.70. The number of anilines is 1. The van der Waals surface area contributed by atoms with Gasteiger partial charge in [0.05, 0.1) is 12.1 Å². The fourth-order valence-corrected chi connectivity index (χ4v) is 4.24. The van der Waals surface area contributed by atoms with E-state index < -0.39 is 17.7 Å². The standard InChI is InChI=1S/C31H38N2O4/c1-31(2,37-30(36)33-28-15-7-6-14-27(28)26-12-4-3-5-13-26)20-10-22-32-21-9-8-11-24-16-18-25(19-17-24)23-29(34)35/h3-7,12-19,32H,8-11,20-23H2,1-2H3,(H,33,36)(H,34,35). The molecule has 0 fully saturated rings. The van der Waals surface area contributed by atoms with Gasteiger partial charge in [-0.25, -0.2) is 4.79 Å². The first-order valence-corrected chi connectivity index (χ1v) is 13.0. The molecule has 37 heavy (non-hydrogen) atoms. The molecule has 3 rings (SSSR count). The molecule has 6 heteroatoms. The van der Waals surface area contributed by atoms with E-state index in [1.165, 1.54) is 5.56 Å². The van der Waals surface area contributed by atoms with Gasteiger partial charge >= 0.3 is 12.1 Å². The Morgan fingerprint density at radius 2 is 1.46 bits per heavy atom. The molecule has 196 valence electrons. The highest BCUT2D eigenvalue weighted by molar-refractivity contribution is 5.91. The zero-order valence-corrected chi connectivity index (χ0v) is 21.8. The van der Waals surface area contributed by atoms with Crippen molar-refractivity contribution in [3.63, 3.8) is 0 Å². The van der Waals surface area contributed by atoms with Gasteiger partial charge in [-0.15, -0.1) is 0 Å². The van der Waals surface area contributed by atoms with Crippen LogP contribution in [-0.4, -0.2) is 35.9 Å². The Hall–Kier alpha value is -3.64. The second-order valence-electron chi connectivity index (χ2n) is 9.88. The predicted molar refractivity (Wildman–Crippen MR) is 149 cm³/mol. The molecular weight excluding hydrogens is 464 g/mol. The van der Waals surface area contributed by atoms with Crippen molar-refractivity contribution in [1.29, 1.82) is 0 Å². The smallest absolute Gasteiger partial charge is 0.412 e. The number of unbranched alkanes of at least 4 members (excludes halogenated alkanes) is 1. The minimum Gasteiger partial charge on any atom is -0.481 e. The number of carbonyl (C=O) groups excluding carboxylic acids is 1. The van der Waals surface area contributed by atoms with Crippen molar-refractivity contribution in [2.75, 3.05) is 18.4 Å². The van der Waals surface area contributed by atoms with Crippen LogP contribution < -0.4 is 10.6 Å². The maximum atomic E-state index is 12.6. The van der Waals surface area contributed by atoms with Crippen LogP contribution in [0.5, 0.6) is 0 Å². The number of benzene rings is 3. The maximum absolute atomic E-state index is 12.6. The number of carboxylic acids is 1. The van der Waals surface area contributed by atoms with E-state index >= 15 is 0 Å². The molecular formula is C31H38N2O4. The highest BCUT2D eigenvalue weighted by Crippen LogP contribution is 2.28. The molecule has 3 N–H and O–H groups in total. The lowest BCUT2D eigenvalue weighted by Gasteiger charge is -2.25. The van der Waals surface area contributed by atoms with Gasteiger partial charge < -0.3 is 15.2 Å². The number of hydrogen-bond acceptors (Lipinski definition) is 4. The summed E-state index contributed by atoms with van der Waals surface area (Å²) in [5.74, 6) is -0.804. The summed E-state index contributed by atoms with van der Waals surface area (Å²) in [5.41, 5.74) is 4.22. The number of nitrogens with one attached hydrogen (secondary N) is 2. The van der Waals surface area contributed by atoms with Gasteiger partial charge in [-0.3, -0.25) is 10.1 Å². The minimum atomic E-state index is -0.804. The lowest BCUT2D eigenvalue weighted by molar-refractivity contribution is -0.136. The van der Waals surface area contributed by atoms with Crippen LogP contribution in [0.3, 0.4) is 0 Å². The average Bonchev–Trinajstić information content (AvgIpc) is 2.86. The number of carbonyl (C=O) groups is 2. The van der Waals surface area contributed by atoms with Crippen LogP contribution in [0.25, 0.3) is 11.1 Å². The van der Waals surface area contributed by atoms with E-state index in [9.17, 15) is 9.59 Å². The summed E-state index contributed by atoms with van der Waals surface area (Å²) in [5, 5.41) is 15.2. The molecule has 0 radical (unpaired) electrons. The second-order valence-corrected chi connectivity index (χ2v) is 9.88. The Morgan fingerprint density at radius 3 is 2.19 bits per heavy atom. The van der Waals surface area contributed by atoms with Gasteiger partial charge in [0.1, 0.15) is 5.60 Å². The van der Waals surface area contributed by atoms with Crippen molar-refractivity contribution in [2.45, 2.75) is 58.0 Å². The van der Waals surface area contributed by atoms with Crippen LogP contribution in [0.2, 0.25) is 0 Å². The van der Waals surface area contributed by atoms with E-state index in [1.807, 2.05) is 92.7 Å². The molecule has 0 atom stereocenters. The summed E-state index contributed by atoms with van der Waals surface area (Å²) in [6, 6.07) is 25.5. The Labute approximate surface area is 220 Å². The molecule has 0 aliphatic rings. The molecule has 0 spiro atoms. The first-order valence-electron chi connectivity index (χ1n) is 13.0. The van der Waals surface area contributed by atoms with Gasteiger partial charge in [0, 0.05) is 5.56 Å². The number of hydrogen-bond donors (Lipinski definition) is 3. The zero-order valence-electron chi connectivity index (χ0n) is 21.8. The monoisotopic (exact) mass is 502 g/mol. The molecule has 6 nitrogen and oxygen atoms in total. The first kappa shape index (κ1) is 27.9. The molecule has 0 saturated heterocycles. The Morgan fingerprint density at radius 1 is 0.811 bits per heavy atom. The van der Waals surface area contributed by atoms with E-state index in [0.717, 1.165) is 67.6 Å². The zero-order chi connectivity index (χ0) is 26.5. The fraction of sp³-hybridized carbons (Fsp3) is 0.355. The molecule has 0 saturated carbocycles. The van der Waals surface area contributed by atoms with Crippen LogP contribution in [0, 0.1) is 0 Å². The molecule has 0 unspecified atom stereocenters. The third kappa shape index (κ3) is 10.1. The quantitative estimate of drug-likeness (QED) is 0.214. The summed E-state index contributed by atoms with van der Waals surface area (Å²) in [6.45, 7) is 5.69. The topological polar surface area (TPSA) is 87.7 Å². The molecule has 0 aromatic heterocycles. The van der Waals surface area contributed by atoms with E-state index in [4.69, 9.17) is 9.84 Å². The third-order valence-corrected chi connectivity index (χ3v) is 6.20. The highest BCUT2D eigenvalue weighted by Gasteiger charge is 2.23. The van der Waals surface area contributed by atoms with Gasteiger partial charge in [0.25, 0.3) is 0 Å². The Kier molecular flexibility index (Phi) is 10.7. The van der Waals surface area contributed by atoms with Crippen LogP contribution in [-0.2, 0) is 22.4 Å². The van der Waals surface area contributed by atoms with E-state index in [2.05, 4.69) is 10.6 Å².